The molecule has 0 spiro atoms. The average Bonchev–Trinajstić information content (AvgIpc) is 2.89. The summed E-state index contributed by atoms with van der Waals surface area (Å²) in [7, 11) is 0. The highest BCUT2D eigenvalue weighted by Crippen LogP contribution is 2.16. The monoisotopic (exact) mass is 275 g/mol. The Morgan fingerprint density at radius 2 is 2.35 bits per heavy atom. The summed E-state index contributed by atoms with van der Waals surface area (Å²) in [6.45, 7) is 3.43. The van der Waals surface area contributed by atoms with Crippen molar-refractivity contribution in [3.8, 4) is 0 Å². The zero-order chi connectivity index (χ0) is 14.1. The second-order valence-corrected chi connectivity index (χ2v) is 4.98. The van der Waals surface area contributed by atoms with Gasteiger partial charge in [0.1, 0.15) is 0 Å². The van der Waals surface area contributed by atoms with Crippen molar-refractivity contribution in [1.29, 1.82) is 0 Å². The number of nitrogens with two attached hydrogens (primary N) is 1. The van der Waals surface area contributed by atoms with E-state index in [1.807, 2.05) is 6.92 Å². The van der Waals surface area contributed by atoms with Gasteiger partial charge in [-0.25, -0.2) is 4.52 Å². The molecule has 2 aromatic rings. The van der Waals surface area contributed by atoms with Gasteiger partial charge in [0.25, 0.3) is 5.91 Å². The largest absolute Gasteiger partial charge is 0.370 e. The number of carbonyl (C=O) groups excluding carboxylic acids is 1. The first-order chi connectivity index (χ1) is 9.69. The van der Waals surface area contributed by atoms with Crippen molar-refractivity contribution >= 4 is 11.4 Å². The molecule has 0 aromatic carbocycles. The van der Waals surface area contributed by atoms with Gasteiger partial charge in [-0.15, -0.1) is 0 Å². The number of hydrogen-bond acceptors (Lipinski definition) is 5. The van der Waals surface area contributed by atoms with Gasteiger partial charge in [-0.05, 0) is 6.92 Å². The highest BCUT2D eigenvalue weighted by atomic mass is 16.5. The zero-order valence-electron chi connectivity index (χ0n) is 11.3. The molecule has 1 aliphatic heterocycles. The molecule has 2 atom stereocenters. The van der Waals surface area contributed by atoms with E-state index in [1.54, 1.807) is 34.2 Å². The molecule has 3 rings (SSSR count). The molecule has 1 aliphatic rings. The Kier molecular flexibility index (Phi) is 3.37. The van der Waals surface area contributed by atoms with Gasteiger partial charge in [0.05, 0.1) is 35.7 Å². The van der Waals surface area contributed by atoms with Crippen LogP contribution in [0.2, 0.25) is 0 Å². The number of nitrogens with zero attached hydrogens (tertiary/aromatic N) is 4. The lowest BCUT2D eigenvalue weighted by molar-refractivity contribution is -0.0625. The third kappa shape index (κ3) is 2.25. The Morgan fingerprint density at radius 3 is 3.15 bits per heavy atom. The Hall–Kier alpha value is -1.99. The molecule has 1 amide bonds. The van der Waals surface area contributed by atoms with Crippen LogP contribution in [0.5, 0.6) is 0 Å². The van der Waals surface area contributed by atoms with Crippen LogP contribution in [-0.4, -0.2) is 57.2 Å². The second-order valence-electron chi connectivity index (χ2n) is 4.98. The first-order valence-corrected chi connectivity index (χ1v) is 6.61. The van der Waals surface area contributed by atoms with Gasteiger partial charge in [-0.2, -0.15) is 5.10 Å². The van der Waals surface area contributed by atoms with Crippen LogP contribution < -0.4 is 5.73 Å². The molecule has 0 saturated carbocycles. The quantitative estimate of drug-likeness (QED) is 0.828. The van der Waals surface area contributed by atoms with Crippen LogP contribution in [0.4, 0.5) is 0 Å². The van der Waals surface area contributed by atoms with E-state index in [1.165, 1.54) is 0 Å². The smallest absolute Gasteiger partial charge is 0.257 e. The summed E-state index contributed by atoms with van der Waals surface area (Å²) in [5.41, 5.74) is 6.92. The number of aromatic nitrogens is 3. The number of ether oxygens (including phenoxy) is 1. The first kappa shape index (κ1) is 13.0. The molecule has 2 aromatic heterocycles. The zero-order valence-corrected chi connectivity index (χ0v) is 11.3. The van der Waals surface area contributed by atoms with E-state index in [2.05, 4.69) is 10.1 Å². The lowest BCUT2D eigenvalue weighted by atomic mass is 10.1. The van der Waals surface area contributed by atoms with Gasteiger partial charge < -0.3 is 15.4 Å². The maximum atomic E-state index is 12.6. The molecule has 1 fully saturated rings. The molecule has 0 radical (unpaired) electrons. The topological polar surface area (TPSA) is 85.8 Å². The predicted molar refractivity (Wildman–Crippen MR) is 72.3 cm³/mol. The van der Waals surface area contributed by atoms with E-state index in [4.69, 9.17) is 10.5 Å². The highest BCUT2D eigenvalue weighted by molar-refractivity contribution is 6.00. The van der Waals surface area contributed by atoms with Gasteiger partial charge >= 0.3 is 0 Å². The van der Waals surface area contributed by atoms with Crippen LogP contribution in [-0.2, 0) is 4.74 Å². The highest BCUT2D eigenvalue weighted by Gasteiger charge is 2.29. The van der Waals surface area contributed by atoms with Crippen molar-refractivity contribution in [3.63, 3.8) is 0 Å². The van der Waals surface area contributed by atoms with Crippen molar-refractivity contribution in [1.82, 2.24) is 19.5 Å². The number of amides is 1. The second kappa shape index (κ2) is 5.18. The molecule has 106 valence electrons. The number of fused-ring (bicyclic) bond motifs is 1. The molecule has 7 nitrogen and oxygen atoms in total. The fourth-order valence-electron chi connectivity index (χ4n) is 2.51. The normalized spacial score (nSPS) is 23.2. The number of morpholine rings is 1. The van der Waals surface area contributed by atoms with Gasteiger partial charge in [0.15, 0.2) is 0 Å². The number of rotatable bonds is 2. The lowest BCUT2D eigenvalue weighted by Gasteiger charge is -2.36. The van der Waals surface area contributed by atoms with Crippen LogP contribution in [0.15, 0.2) is 24.8 Å². The summed E-state index contributed by atoms with van der Waals surface area (Å²) in [6, 6.07) is 0. The molecule has 20 heavy (non-hydrogen) atoms. The summed E-state index contributed by atoms with van der Waals surface area (Å²) >= 11 is 0. The van der Waals surface area contributed by atoms with Crippen LogP contribution in [0.3, 0.4) is 0 Å². The maximum Gasteiger partial charge on any atom is 0.257 e. The minimum Gasteiger partial charge on any atom is -0.370 e. The maximum absolute atomic E-state index is 12.6. The fourth-order valence-corrected chi connectivity index (χ4v) is 2.51. The molecular formula is C13H17N5O2. The van der Waals surface area contributed by atoms with E-state index in [0.29, 0.717) is 30.7 Å². The molecule has 0 aliphatic carbocycles. The summed E-state index contributed by atoms with van der Waals surface area (Å²) in [5.74, 6) is -0.0541. The first-order valence-electron chi connectivity index (χ1n) is 6.61. The van der Waals surface area contributed by atoms with E-state index >= 15 is 0 Å². The molecule has 1 saturated heterocycles. The molecule has 3 heterocycles. The van der Waals surface area contributed by atoms with E-state index in [-0.39, 0.29) is 18.1 Å². The summed E-state index contributed by atoms with van der Waals surface area (Å²) in [6.07, 6.45) is 6.46. The minimum absolute atomic E-state index is 0.0128. The van der Waals surface area contributed by atoms with Crippen molar-refractivity contribution in [2.45, 2.75) is 19.1 Å². The number of carbonyl (C=O) groups is 1. The van der Waals surface area contributed by atoms with Crippen LogP contribution >= 0.6 is 0 Å². The predicted octanol–water partition coefficient (Wildman–Crippen LogP) is -0.0825. The van der Waals surface area contributed by atoms with Crippen LogP contribution in [0, 0.1) is 0 Å². The van der Waals surface area contributed by atoms with Crippen molar-refractivity contribution in [2.24, 2.45) is 5.73 Å². The summed E-state index contributed by atoms with van der Waals surface area (Å²) in [5, 5.41) is 4.17. The molecule has 2 unspecified atom stereocenters. The lowest BCUT2D eigenvalue weighted by Crippen LogP contribution is -2.51. The average molecular weight is 275 g/mol. The van der Waals surface area contributed by atoms with Gasteiger partial charge in [-0.3, -0.25) is 9.78 Å². The van der Waals surface area contributed by atoms with E-state index < -0.39 is 0 Å². The Balaban J connectivity index is 1.88. The van der Waals surface area contributed by atoms with Crippen molar-refractivity contribution in [3.05, 3.63) is 30.4 Å². The van der Waals surface area contributed by atoms with Gasteiger partial charge in [0.2, 0.25) is 0 Å². The standard InChI is InChI=1S/C13H17N5O2/c1-9-7-17(8-10(4-14)20-9)13(19)11-5-16-18-3-2-15-6-12(11)18/h2-3,5-6,9-10H,4,7-8,14H2,1H3. The van der Waals surface area contributed by atoms with E-state index in [0.717, 1.165) is 0 Å². The Labute approximate surface area is 116 Å². The van der Waals surface area contributed by atoms with Crippen LogP contribution in [0.25, 0.3) is 5.52 Å². The molecule has 0 bridgehead atoms. The molecular weight excluding hydrogens is 258 g/mol. The SMILES string of the molecule is CC1CN(C(=O)c2cnn3ccncc23)CC(CN)O1. The van der Waals surface area contributed by atoms with Gasteiger partial charge in [0, 0.05) is 32.0 Å². The van der Waals surface area contributed by atoms with Crippen molar-refractivity contribution in [2.75, 3.05) is 19.6 Å². The molecule has 2 N–H and O–H groups in total. The van der Waals surface area contributed by atoms with Crippen molar-refractivity contribution < 1.29 is 9.53 Å². The van der Waals surface area contributed by atoms with Crippen LogP contribution in [0.1, 0.15) is 17.3 Å². The molecule has 7 heteroatoms. The fraction of sp³-hybridized carbons (Fsp3) is 0.462. The third-order valence-corrected chi connectivity index (χ3v) is 3.43. The Bertz CT molecular complexity index is 626. The summed E-state index contributed by atoms with van der Waals surface area (Å²) < 4.78 is 7.31. The van der Waals surface area contributed by atoms with E-state index in [9.17, 15) is 4.79 Å². The minimum atomic E-state index is -0.109. The number of hydrogen-bond donors (Lipinski definition) is 1. The van der Waals surface area contributed by atoms with Gasteiger partial charge in [-0.1, -0.05) is 0 Å². The Morgan fingerprint density at radius 1 is 1.50 bits per heavy atom. The third-order valence-electron chi connectivity index (χ3n) is 3.43. The summed E-state index contributed by atoms with van der Waals surface area (Å²) in [4.78, 5) is 18.4.